The number of carbonyl (C=O) groups is 1. The number of halogens is 2. The van der Waals surface area contributed by atoms with Crippen molar-refractivity contribution in [1.29, 1.82) is 0 Å². The molecule has 4 nitrogen and oxygen atoms in total. The summed E-state index contributed by atoms with van der Waals surface area (Å²) in [4.78, 5) is 12.4. The number of nitrogens with one attached hydrogen (secondary N) is 1. The quantitative estimate of drug-likeness (QED) is 0.916. The molecule has 23 heavy (non-hydrogen) atoms. The van der Waals surface area contributed by atoms with Crippen LogP contribution in [0.1, 0.15) is 28.4 Å². The molecule has 1 atom stereocenters. The van der Waals surface area contributed by atoms with E-state index in [0.29, 0.717) is 11.6 Å². The summed E-state index contributed by atoms with van der Waals surface area (Å²) >= 11 is 0. The molecule has 1 N–H and O–H groups in total. The van der Waals surface area contributed by atoms with Crippen molar-refractivity contribution >= 4 is 15.7 Å². The lowest BCUT2D eigenvalue weighted by molar-refractivity contribution is 0.0933. The highest BCUT2D eigenvalue weighted by Gasteiger charge is 2.31. The van der Waals surface area contributed by atoms with Crippen LogP contribution in [0.4, 0.5) is 8.78 Å². The highest BCUT2D eigenvalue weighted by molar-refractivity contribution is 7.91. The highest BCUT2D eigenvalue weighted by atomic mass is 32.2. The fraction of sp³-hybridized carbons (Fsp3) is 0.188. The van der Waals surface area contributed by atoms with Crippen LogP contribution in [0.5, 0.6) is 0 Å². The fourth-order valence-electron chi connectivity index (χ4n) is 2.67. The van der Waals surface area contributed by atoms with Crippen LogP contribution in [-0.4, -0.2) is 20.1 Å². The third-order valence-corrected chi connectivity index (χ3v) is 5.55. The monoisotopic (exact) mass is 337 g/mol. The van der Waals surface area contributed by atoms with Crippen molar-refractivity contribution in [2.75, 3.05) is 5.75 Å². The lowest BCUT2D eigenvalue weighted by atomic mass is 10.0. The van der Waals surface area contributed by atoms with Crippen molar-refractivity contribution in [2.24, 2.45) is 0 Å². The van der Waals surface area contributed by atoms with E-state index in [2.05, 4.69) is 5.32 Å². The van der Waals surface area contributed by atoms with Crippen LogP contribution < -0.4 is 5.32 Å². The number of fused-ring (bicyclic) bond motifs is 1. The SMILES string of the molecule is O=C(NC1CCS(=O)(=O)c2ccccc21)c1cc(F)cc(F)c1. The summed E-state index contributed by atoms with van der Waals surface area (Å²) in [7, 11) is -3.36. The van der Waals surface area contributed by atoms with Gasteiger partial charge in [-0.1, -0.05) is 18.2 Å². The van der Waals surface area contributed by atoms with Gasteiger partial charge in [-0.2, -0.15) is 0 Å². The maximum Gasteiger partial charge on any atom is 0.251 e. The van der Waals surface area contributed by atoms with Crippen LogP contribution in [-0.2, 0) is 9.84 Å². The molecule has 2 aromatic carbocycles. The third-order valence-electron chi connectivity index (χ3n) is 3.73. The first-order valence-electron chi connectivity index (χ1n) is 6.95. The number of hydrogen-bond donors (Lipinski definition) is 1. The minimum Gasteiger partial charge on any atom is -0.345 e. The Balaban J connectivity index is 1.90. The molecule has 1 heterocycles. The van der Waals surface area contributed by atoms with E-state index >= 15 is 0 Å². The van der Waals surface area contributed by atoms with E-state index in [4.69, 9.17) is 0 Å². The molecular formula is C16H13F2NO3S. The van der Waals surface area contributed by atoms with Crippen LogP contribution >= 0.6 is 0 Å². The smallest absolute Gasteiger partial charge is 0.251 e. The molecule has 0 radical (unpaired) electrons. The number of hydrogen-bond acceptors (Lipinski definition) is 3. The van der Waals surface area contributed by atoms with Crippen LogP contribution in [0.25, 0.3) is 0 Å². The molecule has 0 bridgehead atoms. The molecule has 1 aliphatic rings. The normalized spacial score (nSPS) is 19.0. The Morgan fingerprint density at radius 2 is 1.74 bits per heavy atom. The zero-order valence-electron chi connectivity index (χ0n) is 11.9. The van der Waals surface area contributed by atoms with Crippen molar-refractivity contribution in [3.63, 3.8) is 0 Å². The number of rotatable bonds is 2. The molecule has 0 aromatic heterocycles. The van der Waals surface area contributed by atoms with Crippen LogP contribution in [0, 0.1) is 11.6 Å². The summed E-state index contributed by atoms with van der Waals surface area (Å²) in [5.41, 5.74) is 0.345. The van der Waals surface area contributed by atoms with Gasteiger partial charge < -0.3 is 5.32 Å². The van der Waals surface area contributed by atoms with Gasteiger partial charge in [0.05, 0.1) is 16.7 Å². The second kappa shape index (κ2) is 5.73. The molecule has 1 amide bonds. The zero-order valence-corrected chi connectivity index (χ0v) is 12.7. The lowest BCUT2D eigenvalue weighted by Gasteiger charge is -2.26. The number of sulfone groups is 1. The van der Waals surface area contributed by atoms with Crippen molar-refractivity contribution in [3.05, 3.63) is 65.2 Å². The van der Waals surface area contributed by atoms with Gasteiger partial charge in [0.25, 0.3) is 5.91 Å². The third kappa shape index (κ3) is 3.10. The Kier molecular flexibility index (Phi) is 3.89. The Bertz CT molecular complexity index is 860. The molecule has 1 aliphatic heterocycles. The topological polar surface area (TPSA) is 63.2 Å². The van der Waals surface area contributed by atoms with E-state index in [9.17, 15) is 22.0 Å². The van der Waals surface area contributed by atoms with Crippen molar-refractivity contribution in [1.82, 2.24) is 5.32 Å². The van der Waals surface area contributed by atoms with E-state index in [1.54, 1.807) is 18.2 Å². The van der Waals surface area contributed by atoms with Crippen LogP contribution in [0.15, 0.2) is 47.4 Å². The van der Waals surface area contributed by atoms with Gasteiger partial charge in [-0.3, -0.25) is 4.79 Å². The molecule has 0 spiro atoms. The van der Waals surface area contributed by atoms with Crippen molar-refractivity contribution < 1.29 is 22.0 Å². The number of carbonyl (C=O) groups excluding carboxylic acids is 1. The van der Waals surface area contributed by atoms with E-state index in [1.807, 2.05) is 0 Å². The summed E-state index contributed by atoms with van der Waals surface area (Å²) in [6.07, 6.45) is 0.211. The van der Waals surface area contributed by atoms with Gasteiger partial charge in [-0.15, -0.1) is 0 Å². The van der Waals surface area contributed by atoms with Gasteiger partial charge >= 0.3 is 0 Å². The highest BCUT2D eigenvalue weighted by Crippen LogP contribution is 2.32. The molecule has 120 valence electrons. The average Bonchev–Trinajstić information content (AvgIpc) is 2.49. The number of amides is 1. The van der Waals surface area contributed by atoms with E-state index in [0.717, 1.165) is 12.1 Å². The Morgan fingerprint density at radius 3 is 2.43 bits per heavy atom. The van der Waals surface area contributed by atoms with Crippen molar-refractivity contribution in [2.45, 2.75) is 17.4 Å². The average molecular weight is 337 g/mol. The summed E-state index contributed by atoms with van der Waals surface area (Å²) in [6.45, 7) is 0. The van der Waals surface area contributed by atoms with E-state index in [-0.39, 0.29) is 22.6 Å². The largest absolute Gasteiger partial charge is 0.345 e. The predicted molar refractivity (Wildman–Crippen MR) is 79.7 cm³/mol. The summed E-state index contributed by atoms with van der Waals surface area (Å²) in [5, 5.41) is 2.65. The Labute approximate surface area is 132 Å². The molecule has 1 unspecified atom stereocenters. The first kappa shape index (κ1) is 15.6. The summed E-state index contributed by atoms with van der Waals surface area (Å²) in [6, 6.07) is 8.44. The van der Waals surface area contributed by atoms with Gasteiger partial charge in [-0.05, 0) is 30.2 Å². The molecule has 3 rings (SSSR count). The second-order valence-corrected chi connectivity index (χ2v) is 7.41. The number of benzene rings is 2. The standard InChI is InChI=1S/C16H13F2NO3S/c17-11-7-10(8-12(18)9-11)16(20)19-14-5-6-23(21,22)15-4-2-1-3-13(14)15/h1-4,7-9,14H,5-6H2,(H,19,20). The van der Waals surface area contributed by atoms with Crippen LogP contribution in [0.3, 0.4) is 0 Å². The zero-order chi connectivity index (χ0) is 16.6. The molecule has 0 saturated heterocycles. The Morgan fingerprint density at radius 1 is 1.09 bits per heavy atom. The molecule has 0 saturated carbocycles. The summed E-state index contributed by atoms with van der Waals surface area (Å²) < 4.78 is 50.5. The van der Waals surface area contributed by atoms with Gasteiger partial charge in [0.1, 0.15) is 11.6 Å². The fourth-order valence-corrected chi connectivity index (χ4v) is 4.29. The summed E-state index contributed by atoms with van der Waals surface area (Å²) in [5.74, 6) is -2.43. The van der Waals surface area contributed by atoms with Crippen LogP contribution in [0.2, 0.25) is 0 Å². The molecule has 7 heteroatoms. The van der Waals surface area contributed by atoms with Gasteiger partial charge in [0.2, 0.25) is 0 Å². The maximum atomic E-state index is 13.2. The van der Waals surface area contributed by atoms with E-state index in [1.165, 1.54) is 6.07 Å². The Hall–Kier alpha value is -2.28. The second-order valence-electron chi connectivity index (χ2n) is 5.33. The first-order chi connectivity index (χ1) is 10.9. The van der Waals surface area contributed by atoms with E-state index < -0.39 is 33.4 Å². The molecule has 0 fully saturated rings. The lowest BCUT2D eigenvalue weighted by Crippen LogP contribution is -2.34. The first-order valence-corrected chi connectivity index (χ1v) is 8.61. The van der Waals surface area contributed by atoms with Gasteiger partial charge in [-0.25, -0.2) is 17.2 Å². The van der Waals surface area contributed by atoms with Crippen molar-refractivity contribution in [3.8, 4) is 0 Å². The predicted octanol–water partition coefficient (Wildman–Crippen LogP) is 2.61. The molecule has 2 aromatic rings. The minimum absolute atomic E-state index is 0.0908. The molecular weight excluding hydrogens is 324 g/mol. The molecule has 0 aliphatic carbocycles. The maximum absolute atomic E-state index is 13.2. The van der Waals surface area contributed by atoms with Gasteiger partial charge in [0, 0.05) is 11.6 Å². The minimum atomic E-state index is -3.36. The van der Waals surface area contributed by atoms with Gasteiger partial charge in [0.15, 0.2) is 9.84 Å².